The van der Waals surface area contributed by atoms with Crippen molar-refractivity contribution >= 4 is 15.9 Å². The van der Waals surface area contributed by atoms with E-state index in [9.17, 15) is 0 Å². The van der Waals surface area contributed by atoms with Crippen molar-refractivity contribution in [2.75, 3.05) is 0 Å². The maximum Gasteiger partial charge on any atom is 0.301 e. The third-order valence-electron chi connectivity index (χ3n) is 1.57. The molecule has 1 aromatic rings. The SMILES string of the molecule is OCc1cn2c(n1)OC=C(Br)C2. The van der Waals surface area contributed by atoms with Crippen molar-refractivity contribution in [3.8, 4) is 6.01 Å². The van der Waals surface area contributed by atoms with E-state index in [2.05, 4.69) is 20.9 Å². The van der Waals surface area contributed by atoms with Gasteiger partial charge >= 0.3 is 6.01 Å². The van der Waals surface area contributed by atoms with E-state index in [-0.39, 0.29) is 6.61 Å². The molecule has 2 heterocycles. The summed E-state index contributed by atoms with van der Waals surface area (Å²) in [6.07, 6.45) is 3.37. The van der Waals surface area contributed by atoms with Crippen LogP contribution in [-0.2, 0) is 13.2 Å². The molecule has 64 valence electrons. The van der Waals surface area contributed by atoms with Gasteiger partial charge in [-0.15, -0.1) is 0 Å². The average molecular weight is 231 g/mol. The fourth-order valence-corrected chi connectivity index (χ4v) is 1.41. The number of rotatable bonds is 1. The zero-order chi connectivity index (χ0) is 8.55. The van der Waals surface area contributed by atoms with E-state index in [0.717, 1.165) is 4.48 Å². The van der Waals surface area contributed by atoms with Crippen LogP contribution < -0.4 is 4.74 Å². The molecule has 0 radical (unpaired) electrons. The summed E-state index contributed by atoms with van der Waals surface area (Å²) in [4.78, 5) is 4.03. The third kappa shape index (κ3) is 1.25. The van der Waals surface area contributed by atoms with E-state index in [4.69, 9.17) is 9.84 Å². The number of ether oxygens (including phenoxy) is 1. The fourth-order valence-electron chi connectivity index (χ4n) is 1.05. The highest BCUT2D eigenvalue weighted by molar-refractivity contribution is 9.11. The van der Waals surface area contributed by atoms with Crippen LogP contribution in [0.1, 0.15) is 5.69 Å². The number of aliphatic hydroxyl groups is 1. The van der Waals surface area contributed by atoms with Gasteiger partial charge in [-0.1, -0.05) is 15.9 Å². The van der Waals surface area contributed by atoms with Crippen LogP contribution in [0.4, 0.5) is 0 Å². The molecule has 12 heavy (non-hydrogen) atoms. The van der Waals surface area contributed by atoms with Gasteiger partial charge in [0.05, 0.1) is 23.3 Å². The zero-order valence-corrected chi connectivity index (χ0v) is 7.78. The quantitative estimate of drug-likeness (QED) is 0.784. The van der Waals surface area contributed by atoms with Gasteiger partial charge in [0.25, 0.3) is 0 Å². The molecule has 5 heteroatoms. The second-order valence-electron chi connectivity index (χ2n) is 2.48. The number of hydrogen-bond donors (Lipinski definition) is 1. The Bertz CT molecular complexity index is 332. The molecule has 0 aromatic carbocycles. The van der Waals surface area contributed by atoms with Crippen LogP contribution in [-0.4, -0.2) is 14.7 Å². The molecule has 1 aliphatic heterocycles. The van der Waals surface area contributed by atoms with Gasteiger partial charge in [-0.3, -0.25) is 4.57 Å². The first-order valence-electron chi connectivity index (χ1n) is 3.47. The molecule has 2 rings (SSSR count). The van der Waals surface area contributed by atoms with Gasteiger partial charge in [-0.05, 0) is 0 Å². The molecular formula is C7H7BrN2O2. The smallest absolute Gasteiger partial charge is 0.301 e. The molecule has 0 fully saturated rings. The molecule has 1 aliphatic rings. The van der Waals surface area contributed by atoms with Crippen molar-refractivity contribution < 1.29 is 9.84 Å². The summed E-state index contributed by atoms with van der Waals surface area (Å²) in [6.45, 7) is 0.656. The molecule has 1 N–H and O–H groups in total. The lowest BCUT2D eigenvalue weighted by atomic mass is 10.5. The lowest BCUT2D eigenvalue weighted by molar-refractivity contribution is 0.276. The average Bonchev–Trinajstić information content (AvgIpc) is 2.46. The Morgan fingerprint density at radius 2 is 2.58 bits per heavy atom. The van der Waals surface area contributed by atoms with Crippen LogP contribution in [0.2, 0.25) is 0 Å². The predicted octanol–water partition coefficient (Wildman–Crippen LogP) is 1.00. The Balaban J connectivity index is 2.33. The Labute approximate surface area is 77.6 Å². The number of fused-ring (bicyclic) bond motifs is 1. The Morgan fingerprint density at radius 3 is 3.33 bits per heavy atom. The number of aromatic nitrogens is 2. The molecule has 0 atom stereocenters. The minimum absolute atomic E-state index is 0.0546. The molecular weight excluding hydrogens is 224 g/mol. The first kappa shape index (κ1) is 7.82. The third-order valence-corrected chi connectivity index (χ3v) is 2.00. The minimum atomic E-state index is -0.0546. The first-order chi connectivity index (χ1) is 5.79. The van der Waals surface area contributed by atoms with E-state index in [0.29, 0.717) is 18.2 Å². The fraction of sp³-hybridized carbons (Fsp3) is 0.286. The summed E-state index contributed by atoms with van der Waals surface area (Å²) in [5.41, 5.74) is 0.626. The lowest BCUT2D eigenvalue weighted by Crippen LogP contribution is -2.05. The highest BCUT2D eigenvalue weighted by Crippen LogP contribution is 2.21. The van der Waals surface area contributed by atoms with E-state index in [1.54, 1.807) is 12.5 Å². The molecule has 0 saturated carbocycles. The van der Waals surface area contributed by atoms with Crippen LogP contribution >= 0.6 is 15.9 Å². The highest BCUT2D eigenvalue weighted by atomic mass is 79.9. The van der Waals surface area contributed by atoms with Gasteiger partial charge < -0.3 is 9.84 Å². The van der Waals surface area contributed by atoms with Crippen LogP contribution in [0.5, 0.6) is 6.01 Å². The number of nitrogens with zero attached hydrogens (tertiary/aromatic N) is 2. The largest absolute Gasteiger partial charge is 0.433 e. The van der Waals surface area contributed by atoms with Crippen molar-refractivity contribution in [1.29, 1.82) is 0 Å². The number of allylic oxidation sites excluding steroid dienone is 1. The van der Waals surface area contributed by atoms with Crippen molar-refractivity contribution in [1.82, 2.24) is 9.55 Å². The van der Waals surface area contributed by atoms with Crippen LogP contribution in [0.15, 0.2) is 16.9 Å². The molecule has 0 bridgehead atoms. The summed E-state index contributed by atoms with van der Waals surface area (Å²) in [5.74, 6) is 0. The Hall–Kier alpha value is -0.810. The molecule has 0 unspecified atom stereocenters. The van der Waals surface area contributed by atoms with Crippen LogP contribution in [0.25, 0.3) is 0 Å². The number of halogens is 1. The second kappa shape index (κ2) is 2.91. The molecule has 1 aromatic heterocycles. The van der Waals surface area contributed by atoms with Gasteiger partial charge in [0.15, 0.2) is 0 Å². The van der Waals surface area contributed by atoms with Gasteiger partial charge in [0.1, 0.15) is 6.26 Å². The molecule has 0 aliphatic carbocycles. The van der Waals surface area contributed by atoms with Gasteiger partial charge in [0.2, 0.25) is 0 Å². The Morgan fingerprint density at radius 1 is 1.75 bits per heavy atom. The predicted molar refractivity (Wildman–Crippen MR) is 45.8 cm³/mol. The van der Waals surface area contributed by atoms with E-state index >= 15 is 0 Å². The summed E-state index contributed by atoms with van der Waals surface area (Å²) < 4.78 is 7.93. The van der Waals surface area contributed by atoms with Gasteiger partial charge in [-0.25, -0.2) is 0 Å². The normalized spacial score (nSPS) is 15.0. The monoisotopic (exact) mass is 230 g/mol. The maximum atomic E-state index is 8.79. The summed E-state index contributed by atoms with van der Waals surface area (Å²) in [6, 6.07) is 0.530. The Kier molecular flexibility index (Phi) is 1.90. The van der Waals surface area contributed by atoms with Crippen molar-refractivity contribution in [3.63, 3.8) is 0 Å². The lowest BCUT2D eigenvalue weighted by Gasteiger charge is -2.10. The summed E-state index contributed by atoms with van der Waals surface area (Å²) >= 11 is 3.31. The number of imidazole rings is 1. The minimum Gasteiger partial charge on any atom is -0.433 e. The number of hydrogen-bond acceptors (Lipinski definition) is 3. The molecule has 4 nitrogen and oxygen atoms in total. The van der Waals surface area contributed by atoms with Crippen LogP contribution in [0.3, 0.4) is 0 Å². The molecule has 0 amide bonds. The van der Waals surface area contributed by atoms with Crippen molar-refractivity contribution in [3.05, 3.63) is 22.6 Å². The summed E-state index contributed by atoms with van der Waals surface area (Å²) in [5, 5.41) is 8.79. The van der Waals surface area contributed by atoms with Gasteiger partial charge in [0, 0.05) is 6.20 Å². The second-order valence-corrected chi connectivity index (χ2v) is 3.50. The highest BCUT2D eigenvalue weighted by Gasteiger charge is 2.12. The maximum absolute atomic E-state index is 8.79. The van der Waals surface area contributed by atoms with Crippen molar-refractivity contribution in [2.24, 2.45) is 0 Å². The topological polar surface area (TPSA) is 47.3 Å². The van der Waals surface area contributed by atoms with E-state index in [1.807, 2.05) is 4.57 Å². The summed E-state index contributed by atoms with van der Waals surface area (Å²) in [7, 11) is 0. The van der Waals surface area contributed by atoms with Crippen LogP contribution in [0, 0.1) is 0 Å². The zero-order valence-electron chi connectivity index (χ0n) is 6.20. The number of aliphatic hydroxyl groups excluding tert-OH is 1. The van der Waals surface area contributed by atoms with Gasteiger partial charge in [-0.2, -0.15) is 4.98 Å². The first-order valence-corrected chi connectivity index (χ1v) is 4.27. The van der Waals surface area contributed by atoms with E-state index < -0.39 is 0 Å². The molecule has 0 saturated heterocycles. The standard InChI is InChI=1S/C7H7BrN2O2/c8-5-1-10-2-6(3-11)9-7(10)12-4-5/h2,4,11H,1,3H2. The molecule has 0 spiro atoms. The van der Waals surface area contributed by atoms with Crippen molar-refractivity contribution in [2.45, 2.75) is 13.2 Å². The van der Waals surface area contributed by atoms with E-state index in [1.165, 1.54) is 0 Å².